The molecule has 0 fully saturated rings. The van der Waals surface area contributed by atoms with Gasteiger partial charge in [0.2, 0.25) is 0 Å². The van der Waals surface area contributed by atoms with Gasteiger partial charge in [-0.2, -0.15) is 0 Å². The highest BCUT2D eigenvalue weighted by Crippen LogP contribution is 2.36. The molecule has 110 valence electrons. The molecule has 1 nitrogen and oxygen atoms in total. The van der Waals surface area contributed by atoms with Crippen LogP contribution >= 0.6 is 11.6 Å². The standard InChI is InChI=1S/C20H17ClO/c1-13-8-10-17(14(13)2)18-11-9-16(21)12-19(18)20(22)15-6-4-3-5-7-15/h3-12,17H,1-2H3. The van der Waals surface area contributed by atoms with Crippen LogP contribution in [-0.4, -0.2) is 5.78 Å². The smallest absolute Gasteiger partial charge is 0.193 e. The molecule has 1 aliphatic carbocycles. The largest absolute Gasteiger partial charge is 0.289 e. The molecule has 0 saturated carbocycles. The number of ketones is 1. The lowest BCUT2D eigenvalue weighted by Gasteiger charge is -2.16. The molecule has 1 aliphatic rings. The van der Waals surface area contributed by atoms with Crippen LogP contribution in [0.2, 0.25) is 5.02 Å². The minimum atomic E-state index is 0.0175. The third-order valence-corrected chi connectivity index (χ3v) is 4.49. The summed E-state index contributed by atoms with van der Waals surface area (Å²) >= 11 is 6.14. The fraction of sp³-hybridized carbons (Fsp3) is 0.150. The van der Waals surface area contributed by atoms with E-state index in [1.807, 2.05) is 42.5 Å². The Hall–Kier alpha value is -2.12. The van der Waals surface area contributed by atoms with Crippen molar-refractivity contribution in [2.75, 3.05) is 0 Å². The molecule has 0 amide bonds. The van der Waals surface area contributed by atoms with E-state index in [9.17, 15) is 4.79 Å². The van der Waals surface area contributed by atoms with E-state index < -0.39 is 0 Å². The van der Waals surface area contributed by atoms with Crippen molar-refractivity contribution < 1.29 is 4.79 Å². The van der Waals surface area contributed by atoms with Crippen LogP contribution in [0.3, 0.4) is 0 Å². The zero-order chi connectivity index (χ0) is 15.7. The van der Waals surface area contributed by atoms with Gasteiger partial charge in [0.05, 0.1) is 0 Å². The van der Waals surface area contributed by atoms with Gasteiger partial charge in [0.15, 0.2) is 5.78 Å². The molecule has 0 N–H and O–H groups in total. The van der Waals surface area contributed by atoms with Crippen molar-refractivity contribution in [1.29, 1.82) is 0 Å². The maximum absolute atomic E-state index is 12.9. The van der Waals surface area contributed by atoms with E-state index in [4.69, 9.17) is 11.6 Å². The molecular weight excluding hydrogens is 292 g/mol. The number of carbonyl (C=O) groups excluding carboxylic acids is 1. The van der Waals surface area contributed by atoms with Crippen molar-refractivity contribution in [3.8, 4) is 0 Å². The van der Waals surface area contributed by atoms with Gasteiger partial charge in [-0.3, -0.25) is 4.79 Å². The molecule has 2 heteroatoms. The van der Waals surface area contributed by atoms with E-state index in [0.29, 0.717) is 16.1 Å². The maximum atomic E-state index is 12.9. The van der Waals surface area contributed by atoms with Crippen molar-refractivity contribution >= 4 is 17.4 Å². The number of rotatable bonds is 3. The first kappa shape index (κ1) is 14.8. The SMILES string of the molecule is CC1=C(C)C(c2ccc(Cl)cc2C(=O)c2ccccc2)C=C1. The summed E-state index contributed by atoms with van der Waals surface area (Å²) in [4.78, 5) is 12.9. The first-order valence-electron chi connectivity index (χ1n) is 7.32. The van der Waals surface area contributed by atoms with Gasteiger partial charge in [-0.1, -0.05) is 71.3 Å². The van der Waals surface area contributed by atoms with Crippen LogP contribution in [0.4, 0.5) is 0 Å². The minimum absolute atomic E-state index is 0.0175. The Morgan fingerprint density at radius 2 is 1.77 bits per heavy atom. The second-order valence-corrected chi connectivity index (χ2v) is 6.07. The third-order valence-electron chi connectivity index (χ3n) is 4.26. The topological polar surface area (TPSA) is 17.1 Å². The molecule has 22 heavy (non-hydrogen) atoms. The summed E-state index contributed by atoms with van der Waals surface area (Å²) in [6, 6.07) is 14.9. The van der Waals surface area contributed by atoms with Crippen LogP contribution in [0.1, 0.15) is 41.3 Å². The lowest BCUT2D eigenvalue weighted by Crippen LogP contribution is -2.08. The van der Waals surface area contributed by atoms with Gasteiger partial charge in [-0.25, -0.2) is 0 Å². The van der Waals surface area contributed by atoms with E-state index in [-0.39, 0.29) is 11.7 Å². The van der Waals surface area contributed by atoms with Crippen molar-refractivity contribution in [3.63, 3.8) is 0 Å². The van der Waals surface area contributed by atoms with Crippen LogP contribution < -0.4 is 0 Å². The Morgan fingerprint density at radius 1 is 1.05 bits per heavy atom. The molecule has 1 atom stereocenters. The van der Waals surface area contributed by atoms with Crippen molar-refractivity contribution in [1.82, 2.24) is 0 Å². The first-order chi connectivity index (χ1) is 10.6. The molecule has 2 aromatic rings. The Balaban J connectivity index is 2.10. The molecule has 0 radical (unpaired) electrons. The van der Waals surface area contributed by atoms with Crippen molar-refractivity contribution in [2.24, 2.45) is 0 Å². The van der Waals surface area contributed by atoms with Crippen LogP contribution in [0, 0.1) is 0 Å². The summed E-state index contributed by atoms with van der Waals surface area (Å²) in [6.07, 6.45) is 4.26. The summed E-state index contributed by atoms with van der Waals surface area (Å²) in [7, 11) is 0. The zero-order valence-corrected chi connectivity index (χ0v) is 13.4. The molecule has 2 aromatic carbocycles. The molecule has 0 aromatic heterocycles. The summed E-state index contributed by atoms with van der Waals surface area (Å²) in [5.41, 5.74) is 4.93. The van der Waals surface area contributed by atoms with E-state index >= 15 is 0 Å². The van der Waals surface area contributed by atoms with E-state index in [0.717, 1.165) is 5.56 Å². The van der Waals surface area contributed by atoms with Crippen LogP contribution in [-0.2, 0) is 0 Å². The quantitative estimate of drug-likeness (QED) is 0.678. The molecule has 3 rings (SSSR count). The van der Waals surface area contributed by atoms with Gasteiger partial charge in [0.25, 0.3) is 0 Å². The third kappa shape index (κ3) is 2.65. The maximum Gasteiger partial charge on any atom is 0.193 e. The fourth-order valence-corrected chi connectivity index (χ4v) is 3.01. The fourth-order valence-electron chi connectivity index (χ4n) is 2.84. The monoisotopic (exact) mass is 308 g/mol. The van der Waals surface area contributed by atoms with Crippen LogP contribution in [0.5, 0.6) is 0 Å². The van der Waals surface area contributed by atoms with Crippen LogP contribution in [0.15, 0.2) is 71.8 Å². The van der Waals surface area contributed by atoms with E-state index in [1.54, 1.807) is 6.07 Å². The molecule has 1 unspecified atom stereocenters. The Morgan fingerprint density at radius 3 is 2.41 bits per heavy atom. The molecular formula is C20H17ClO. The van der Waals surface area contributed by atoms with Crippen LogP contribution in [0.25, 0.3) is 0 Å². The number of hydrogen-bond acceptors (Lipinski definition) is 1. The predicted molar refractivity (Wildman–Crippen MR) is 91.6 cm³/mol. The first-order valence-corrected chi connectivity index (χ1v) is 7.70. The molecule has 0 heterocycles. The number of allylic oxidation sites excluding steroid dienone is 4. The number of hydrogen-bond donors (Lipinski definition) is 0. The summed E-state index contributed by atoms with van der Waals surface area (Å²) < 4.78 is 0. The molecule has 0 aliphatic heterocycles. The molecule has 0 spiro atoms. The van der Waals surface area contributed by atoms with Gasteiger partial charge < -0.3 is 0 Å². The van der Waals surface area contributed by atoms with E-state index in [1.165, 1.54) is 11.1 Å². The average molecular weight is 309 g/mol. The van der Waals surface area contributed by atoms with Gasteiger partial charge in [-0.15, -0.1) is 0 Å². The summed E-state index contributed by atoms with van der Waals surface area (Å²) in [6.45, 7) is 4.21. The van der Waals surface area contributed by atoms with Gasteiger partial charge in [0, 0.05) is 22.1 Å². The highest BCUT2D eigenvalue weighted by Gasteiger charge is 2.23. The number of halogens is 1. The lowest BCUT2D eigenvalue weighted by atomic mass is 9.87. The highest BCUT2D eigenvalue weighted by molar-refractivity contribution is 6.31. The number of benzene rings is 2. The lowest BCUT2D eigenvalue weighted by molar-refractivity contribution is 0.103. The molecule has 0 bridgehead atoms. The van der Waals surface area contributed by atoms with E-state index in [2.05, 4.69) is 26.0 Å². The zero-order valence-electron chi connectivity index (χ0n) is 12.6. The molecule has 0 saturated heterocycles. The summed E-state index contributed by atoms with van der Waals surface area (Å²) in [5.74, 6) is 0.170. The van der Waals surface area contributed by atoms with Gasteiger partial charge >= 0.3 is 0 Å². The Labute approximate surface area is 135 Å². The Kier molecular flexibility index (Phi) is 4.00. The van der Waals surface area contributed by atoms with Crippen molar-refractivity contribution in [2.45, 2.75) is 19.8 Å². The second kappa shape index (κ2) is 5.94. The number of carbonyl (C=O) groups is 1. The highest BCUT2D eigenvalue weighted by atomic mass is 35.5. The minimum Gasteiger partial charge on any atom is -0.289 e. The Bertz CT molecular complexity index is 785. The van der Waals surface area contributed by atoms with Gasteiger partial charge in [0.1, 0.15) is 0 Å². The normalized spacial score (nSPS) is 17.1. The average Bonchev–Trinajstić information content (AvgIpc) is 2.87. The summed E-state index contributed by atoms with van der Waals surface area (Å²) in [5, 5.41) is 0.586. The van der Waals surface area contributed by atoms with Gasteiger partial charge in [-0.05, 0) is 31.5 Å². The second-order valence-electron chi connectivity index (χ2n) is 5.63. The predicted octanol–water partition coefficient (Wildman–Crippen LogP) is 5.56. The van der Waals surface area contributed by atoms with Crippen molar-refractivity contribution in [3.05, 3.63) is 93.5 Å².